The van der Waals surface area contributed by atoms with E-state index in [0.29, 0.717) is 10.9 Å². The lowest BCUT2D eigenvalue weighted by Crippen LogP contribution is -2.20. The third kappa shape index (κ3) is 1.69. The molecule has 1 unspecified atom stereocenters. The number of aromatic nitrogens is 1. The Bertz CT molecular complexity index is 299. The second-order valence-electron chi connectivity index (χ2n) is 3.53. The Kier molecular flexibility index (Phi) is 2.51. The van der Waals surface area contributed by atoms with Crippen LogP contribution in [0.25, 0.3) is 0 Å². The molecule has 0 spiro atoms. The van der Waals surface area contributed by atoms with E-state index in [2.05, 4.69) is 4.98 Å². The molecule has 1 N–H and O–H groups in total. The van der Waals surface area contributed by atoms with Crippen molar-refractivity contribution in [2.45, 2.75) is 25.4 Å². The van der Waals surface area contributed by atoms with E-state index in [4.69, 9.17) is 11.6 Å². The van der Waals surface area contributed by atoms with Gasteiger partial charge in [-0.1, -0.05) is 18.0 Å². The van der Waals surface area contributed by atoms with E-state index in [1.807, 2.05) is 0 Å². The molecule has 0 amide bonds. The van der Waals surface area contributed by atoms with Crippen LogP contribution in [-0.4, -0.2) is 10.1 Å². The molecule has 13 heavy (non-hydrogen) atoms. The molecule has 1 heterocycles. The minimum Gasteiger partial charge on any atom is -0.388 e. The minimum absolute atomic E-state index is 0.399. The molecule has 0 saturated heterocycles. The van der Waals surface area contributed by atoms with Crippen molar-refractivity contribution >= 4 is 11.6 Å². The fourth-order valence-corrected chi connectivity index (χ4v) is 1.87. The van der Waals surface area contributed by atoms with Gasteiger partial charge in [0.25, 0.3) is 0 Å². The maximum Gasteiger partial charge on any atom is 0.0833 e. The van der Waals surface area contributed by atoms with Crippen molar-refractivity contribution in [2.75, 3.05) is 0 Å². The summed E-state index contributed by atoms with van der Waals surface area (Å²) in [5.41, 5.74) is 0.821. The SMILES string of the molecule is OC(c1ccncc1Cl)C1CCC1. The predicted octanol–water partition coefficient (Wildman–Crippen LogP) is 2.57. The largest absolute Gasteiger partial charge is 0.388 e. The summed E-state index contributed by atoms with van der Waals surface area (Å²) >= 11 is 5.92. The number of pyridine rings is 1. The number of aliphatic hydroxyl groups is 1. The minimum atomic E-state index is -0.399. The monoisotopic (exact) mass is 197 g/mol. The maximum atomic E-state index is 9.91. The average Bonchev–Trinajstić information content (AvgIpc) is 2.01. The molecule has 1 aliphatic carbocycles. The first-order valence-electron chi connectivity index (χ1n) is 4.56. The molecule has 1 aromatic heterocycles. The van der Waals surface area contributed by atoms with Gasteiger partial charge < -0.3 is 5.11 Å². The number of hydrogen-bond donors (Lipinski definition) is 1. The van der Waals surface area contributed by atoms with E-state index in [9.17, 15) is 5.11 Å². The zero-order valence-electron chi connectivity index (χ0n) is 7.28. The number of aliphatic hydroxyl groups excluding tert-OH is 1. The van der Waals surface area contributed by atoms with Crippen LogP contribution in [0, 0.1) is 5.92 Å². The van der Waals surface area contributed by atoms with Crippen molar-refractivity contribution in [2.24, 2.45) is 5.92 Å². The lowest BCUT2D eigenvalue weighted by Gasteiger charge is -2.30. The Morgan fingerprint density at radius 3 is 2.85 bits per heavy atom. The highest BCUT2D eigenvalue weighted by Gasteiger charge is 2.27. The van der Waals surface area contributed by atoms with Crippen molar-refractivity contribution < 1.29 is 5.11 Å². The van der Waals surface area contributed by atoms with Gasteiger partial charge in [-0.15, -0.1) is 0 Å². The van der Waals surface area contributed by atoms with Crippen LogP contribution in [0.5, 0.6) is 0 Å². The van der Waals surface area contributed by atoms with Gasteiger partial charge in [0.1, 0.15) is 0 Å². The standard InChI is InChI=1S/C10H12ClNO/c11-9-6-12-5-4-8(9)10(13)7-2-1-3-7/h4-7,10,13H,1-3H2. The van der Waals surface area contributed by atoms with E-state index in [-0.39, 0.29) is 0 Å². The first-order valence-corrected chi connectivity index (χ1v) is 4.94. The lowest BCUT2D eigenvalue weighted by atomic mass is 9.79. The zero-order valence-corrected chi connectivity index (χ0v) is 8.04. The molecule has 0 radical (unpaired) electrons. The average molecular weight is 198 g/mol. The molecule has 3 heteroatoms. The Balaban J connectivity index is 2.18. The molecule has 1 saturated carbocycles. The summed E-state index contributed by atoms with van der Waals surface area (Å²) in [7, 11) is 0. The quantitative estimate of drug-likeness (QED) is 0.791. The van der Waals surface area contributed by atoms with Gasteiger partial charge >= 0.3 is 0 Å². The van der Waals surface area contributed by atoms with Gasteiger partial charge in [0.05, 0.1) is 11.1 Å². The van der Waals surface area contributed by atoms with E-state index in [0.717, 1.165) is 18.4 Å². The van der Waals surface area contributed by atoms with Gasteiger partial charge in [0, 0.05) is 18.0 Å². The van der Waals surface area contributed by atoms with Crippen LogP contribution in [0.4, 0.5) is 0 Å². The van der Waals surface area contributed by atoms with Crippen LogP contribution in [0.2, 0.25) is 5.02 Å². The van der Waals surface area contributed by atoms with E-state index >= 15 is 0 Å². The van der Waals surface area contributed by atoms with Gasteiger partial charge in [-0.25, -0.2) is 0 Å². The van der Waals surface area contributed by atoms with E-state index in [1.54, 1.807) is 18.5 Å². The fourth-order valence-electron chi connectivity index (χ4n) is 1.64. The van der Waals surface area contributed by atoms with Gasteiger partial charge in [0.15, 0.2) is 0 Å². The Labute approximate surface area is 82.6 Å². The molecule has 1 aromatic rings. The van der Waals surface area contributed by atoms with Crippen molar-refractivity contribution in [1.82, 2.24) is 4.98 Å². The van der Waals surface area contributed by atoms with Gasteiger partial charge in [-0.2, -0.15) is 0 Å². The van der Waals surface area contributed by atoms with E-state index < -0.39 is 6.10 Å². The van der Waals surface area contributed by atoms with Gasteiger partial charge in [0.2, 0.25) is 0 Å². The fraction of sp³-hybridized carbons (Fsp3) is 0.500. The molecule has 2 nitrogen and oxygen atoms in total. The van der Waals surface area contributed by atoms with Crippen LogP contribution in [0.3, 0.4) is 0 Å². The molecule has 70 valence electrons. The molecule has 0 aromatic carbocycles. The zero-order chi connectivity index (χ0) is 9.26. The molecule has 0 aliphatic heterocycles. The highest BCUT2D eigenvalue weighted by molar-refractivity contribution is 6.31. The van der Waals surface area contributed by atoms with Crippen molar-refractivity contribution in [3.05, 3.63) is 29.0 Å². The maximum absolute atomic E-state index is 9.91. The number of rotatable bonds is 2. The molecule has 1 atom stereocenters. The summed E-state index contributed by atoms with van der Waals surface area (Å²) < 4.78 is 0. The summed E-state index contributed by atoms with van der Waals surface area (Å²) in [6.07, 6.45) is 6.30. The molecule has 2 rings (SSSR count). The van der Waals surface area contributed by atoms with Crippen LogP contribution >= 0.6 is 11.6 Å². The van der Waals surface area contributed by atoms with Crippen molar-refractivity contribution in [3.63, 3.8) is 0 Å². The molecular formula is C10H12ClNO. The number of nitrogens with zero attached hydrogens (tertiary/aromatic N) is 1. The third-order valence-corrected chi connectivity index (χ3v) is 3.03. The normalized spacial score (nSPS) is 19.5. The highest BCUT2D eigenvalue weighted by Crippen LogP contribution is 2.39. The summed E-state index contributed by atoms with van der Waals surface area (Å²) in [6, 6.07) is 1.80. The first kappa shape index (κ1) is 8.97. The second-order valence-corrected chi connectivity index (χ2v) is 3.94. The predicted molar refractivity (Wildman–Crippen MR) is 51.5 cm³/mol. The highest BCUT2D eigenvalue weighted by atomic mass is 35.5. The number of halogens is 1. The van der Waals surface area contributed by atoms with Crippen LogP contribution in [0.1, 0.15) is 30.9 Å². The van der Waals surface area contributed by atoms with Gasteiger partial charge in [-0.3, -0.25) is 4.98 Å². The second kappa shape index (κ2) is 3.64. The Hall–Kier alpha value is -0.600. The number of hydrogen-bond acceptors (Lipinski definition) is 2. The summed E-state index contributed by atoms with van der Waals surface area (Å²) in [6.45, 7) is 0. The lowest BCUT2D eigenvalue weighted by molar-refractivity contribution is 0.0621. The first-order chi connectivity index (χ1) is 6.29. The Morgan fingerprint density at radius 1 is 1.54 bits per heavy atom. The topological polar surface area (TPSA) is 33.1 Å². The third-order valence-electron chi connectivity index (χ3n) is 2.72. The molecule has 1 aliphatic rings. The van der Waals surface area contributed by atoms with Crippen molar-refractivity contribution in [1.29, 1.82) is 0 Å². The van der Waals surface area contributed by atoms with E-state index in [1.165, 1.54) is 6.42 Å². The van der Waals surface area contributed by atoms with Crippen molar-refractivity contribution in [3.8, 4) is 0 Å². The van der Waals surface area contributed by atoms with Crippen LogP contribution in [0.15, 0.2) is 18.5 Å². The molecule has 1 fully saturated rings. The van der Waals surface area contributed by atoms with Gasteiger partial charge in [-0.05, 0) is 24.8 Å². The summed E-state index contributed by atoms with van der Waals surface area (Å²) in [4.78, 5) is 3.89. The smallest absolute Gasteiger partial charge is 0.0833 e. The Morgan fingerprint density at radius 2 is 2.31 bits per heavy atom. The van der Waals surface area contributed by atoms with Crippen LogP contribution < -0.4 is 0 Å². The summed E-state index contributed by atoms with van der Waals surface area (Å²) in [5, 5.41) is 10.5. The summed E-state index contributed by atoms with van der Waals surface area (Å²) in [5.74, 6) is 0.403. The molecule has 0 bridgehead atoms. The molecular weight excluding hydrogens is 186 g/mol. The van der Waals surface area contributed by atoms with Crippen LogP contribution in [-0.2, 0) is 0 Å².